The zero-order valence-corrected chi connectivity index (χ0v) is 17.2. The SMILES string of the molecule is O=C(NOC[C@@H]1C[C@H]1CO)c1cc(Cl)c(F)c(F)c1Nc1ccc(I)cc1F. The summed E-state index contributed by atoms with van der Waals surface area (Å²) >= 11 is 7.56. The summed E-state index contributed by atoms with van der Waals surface area (Å²) in [4.78, 5) is 17.5. The molecule has 0 aliphatic heterocycles. The standard InChI is InChI=1S/C18H15ClF3IN2O3/c19-12-5-11(18(27)25-28-7-9-3-8(9)6-26)17(16(22)15(12)21)24-14-2-1-10(23)4-13(14)20/h1-2,4-5,8-9,24,26H,3,6-7H2,(H,25,27)/t8-,9-/m0/s1. The van der Waals surface area contributed by atoms with Gasteiger partial charge in [0.1, 0.15) is 5.82 Å². The fourth-order valence-electron chi connectivity index (χ4n) is 2.63. The van der Waals surface area contributed by atoms with Gasteiger partial charge in [-0.1, -0.05) is 11.6 Å². The van der Waals surface area contributed by atoms with Crippen LogP contribution < -0.4 is 10.8 Å². The van der Waals surface area contributed by atoms with Crippen LogP contribution in [-0.2, 0) is 4.84 Å². The van der Waals surface area contributed by atoms with Crippen molar-refractivity contribution in [3.63, 3.8) is 0 Å². The van der Waals surface area contributed by atoms with Crippen LogP contribution in [0.5, 0.6) is 0 Å². The van der Waals surface area contributed by atoms with Gasteiger partial charge in [-0.05, 0) is 65.1 Å². The molecule has 1 saturated carbocycles. The first-order valence-corrected chi connectivity index (χ1v) is 9.70. The van der Waals surface area contributed by atoms with Gasteiger partial charge >= 0.3 is 0 Å². The number of nitrogens with one attached hydrogen (secondary N) is 2. The summed E-state index contributed by atoms with van der Waals surface area (Å²) in [7, 11) is 0. The van der Waals surface area contributed by atoms with Crippen molar-refractivity contribution in [2.45, 2.75) is 6.42 Å². The molecule has 28 heavy (non-hydrogen) atoms. The minimum atomic E-state index is -1.42. The average molecular weight is 527 g/mol. The Bertz CT molecular complexity index is 916. The normalized spacial score (nSPS) is 18.1. The Hall–Kier alpha value is -1.56. The van der Waals surface area contributed by atoms with Crippen molar-refractivity contribution >= 4 is 51.5 Å². The van der Waals surface area contributed by atoms with Crippen molar-refractivity contribution in [3.05, 3.63) is 55.9 Å². The molecule has 1 aliphatic rings. The van der Waals surface area contributed by atoms with Crippen LogP contribution in [0.3, 0.4) is 0 Å². The van der Waals surface area contributed by atoms with Crippen LogP contribution in [0.2, 0.25) is 5.02 Å². The van der Waals surface area contributed by atoms with Crippen molar-refractivity contribution in [3.8, 4) is 0 Å². The minimum Gasteiger partial charge on any atom is -0.396 e. The van der Waals surface area contributed by atoms with E-state index in [9.17, 15) is 18.0 Å². The van der Waals surface area contributed by atoms with Crippen LogP contribution in [0.4, 0.5) is 24.5 Å². The summed E-state index contributed by atoms with van der Waals surface area (Å²) in [5.74, 6) is -4.11. The molecule has 0 aromatic heterocycles. The first-order chi connectivity index (χ1) is 13.3. The molecular formula is C18H15ClF3IN2O3. The third-order valence-electron chi connectivity index (χ3n) is 4.36. The fourth-order valence-corrected chi connectivity index (χ4v) is 3.27. The summed E-state index contributed by atoms with van der Waals surface area (Å²) in [5.41, 5.74) is 1.08. The lowest BCUT2D eigenvalue weighted by Gasteiger charge is -2.15. The highest BCUT2D eigenvalue weighted by Gasteiger charge is 2.36. The molecule has 3 rings (SSSR count). The summed E-state index contributed by atoms with van der Waals surface area (Å²) < 4.78 is 43.1. The number of benzene rings is 2. The Morgan fingerprint density at radius 3 is 2.64 bits per heavy atom. The molecule has 1 amide bonds. The van der Waals surface area contributed by atoms with Crippen LogP contribution in [0.15, 0.2) is 24.3 Å². The zero-order valence-electron chi connectivity index (χ0n) is 14.2. The third kappa shape index (κ3) is 4.70. The van der Waals surface area contributed by atoms with E-state index in [1.807, 2.05) is 22.6 Å². The predicted molar refractivity (Wildman–Crippen MR) is 106 cm³/mol. The number of rotatable bonds is 7. The topological polar surface area (TPSA) is 70.6 Å². The van der Waals surface area contributed by atoms with E-state index in [0.29, 0.717) is 3.57 Å². The van der Waals surface area contributed by atoms with Crippen molar-refractivity contribution in [2.75, 3.05) is 18.5 Å². The number of amides is 1. The number of hydrogen-bond donors (Lipinski definition) is 3. The van der Waals surface area contributed by atoms with E-state index in [0.717, 1.165) is 12.5 Å². The summed E-state index contributed by atoms with van der Waals surface area (Å²) in [6.07, 6.45) is 0.780. The van der Waals surface area contributed by atoms with E-state index in [-0.39, 0.29) is 36.3 Å². The summed E-state index contributed by atoms with van der Waals surface area (Å²) in [6, 6.07) is 5.03. The van der Waals surface area contributed by atoms with E-state index in [4.69, 9.17) is 21.5 Å². The number of aliphatic hydroxyl groups is 1. The Kier molecular flexibility index (Phi) is 6.69. The number of hydrogen-bond acceptors (Lipinski definition) is 4. The second-order valence-corrected chi connectivity index (χ2v) is 7.99. The maximum atomic E-state index is 14.4. The van der Waals surface area contributed by atoms with E-state index in [2.05, 4.69) is 10.8 Å². The first-order valence-electron chi connectivity index (χ1n) is 8.24. The second kappa shape index (κ2) is 8.85. The molecule has 0 spiro atoms. The highest BCUT2D eigenvalue weighted by atomic mass is 127. The van der Waals surface area contributed by atoms with E-state index < -0.39 is 34.1 Å². The third-order valence-corrected chi connectivity index (χ3v) is 5.31. The van der Waals surface area contributed by atoms with Gasteiger partial charge in [-0.2, -0.15) is 0 Å². The molecule has 0 heterocycles. The maximum Gasteiger partial charge on any atom is 0.277 e. The minimum absolute atomic E-state index is 0.0381. The molecule has 150 valence electrons. The fraction of sp³-hybridized carbons (Fsp3) is 0.278. The van der Waals surface area contributed by atoms with E-state index in [1.165, 1.54) is 12.1 Å². The monoisotopic (exact) mass is 526 g/mol. The molecule has 0 radical (unpaired) electrons. The molecule has 0 saturated heterocycles. The van der Waals surface area contributed by atoms with Gasteiger partial charge in [0.25, 0.3) is 5.91 Å². The number of carbonyl (C=O) groups excluding carboxylic acids is 1. The van der Waals surface area contributed by atoms with Gasteiger partial charge in [-0.15, -0.1) is 0 Å². The summed E-state index contributed by atoms with van der Waals surface area (Å²) in [6.45, 7) is 0.208. The molecule has 2 aromatic rings. The van der Waals surface area contributed by atoms with Gasteiger partial charge in [-0.25, -0.2) is 18.7 Å². The summed E-state index contributed by atoms with van der Waals surface area (Å²) in [5, 5.41) is 10.8. The van der Waals surface area contributed by atoms with E-state index in [1.54, 1.807) is 6.07 Å². The zero-order chi connectivity index (χ0) is 20.4. The van der Waals surface area contributed by atoms with Crippen LogP contribution in [-0.4, -0.2) is 24.2 Å². The molecule has 1 aliphatic carbocycles. The molecule has 2 atom stereocenters. The highest BCUT2D eigenvalue weighted by Crippen LogP contribution is 2.37. The van der Waals surface area contributed by atoms with Crippen LogP contribution in [0.25, 0.3) is 0 Å². The van der Waals surface area contributed by atoms with E-state index >= 15 is 0 Å². The number of halogens is 5. The largest absolute Gasteiger partial charge is 0.396 e. The number of carbonyl (C=O) groups is 1. The first kappa shape index (κ1) is 21.2. The molecule has 1 fully saturated rings. The van der Waals surface area contributed by atoms with Gasteiger partial charge in [0.05, 0.1) is 28.6 Å². The maximum absolute atomic E-state index is 14.4. The average Bonchev–Trinajstić information content (AvgIpc) is 3.42. The van der Waals surface area contributed by atoms with Crippen molar-refractivity contribution in [1.82, 2.24) is 5.48 Å². The lowest BCUT2D eigenvalue weighted by atomic mass is 10.1. The Morgan fingerprint density at radius 2 is 2.00 bits per heavy atom. The van der Waals surface area contributed by atoms with Crippen LogP contribution in [0, 0.1) is 32.9 Å². The molecule has 3 N–H and O–H groups in total. The van der Waals surface area contributed by atoms with Gasteiger partial charge < -0.3 is 10.4 Å². The molecular weight excluding hydrogens is 512 g/mol. The van der Waals surface area contributed by atoms with Gasteiger partial charge in [0.2, 0.25) is 0 Å². The Morgan fingerprint density at radius 1 is 1.25 bits per heavy atom. The Balaban J connectivity index is 1.82. The highest BCUT2D eigenvalue weighted by molar-refractivity contribution is 14.1. The molecule has 0 bridgehead atoms. The van der Waals surface area contributed by atoms with Crippen LogP contribution >= 0.6 is 34.2 Å². The van der Waals surface area contributed by atoms with Crippen LogP contribution in [0.1, 0.15) is 16.8 Å². The quantitative estimate of drug-likeness (QED) is 0.284. The molecule has 5 nitrogen and oxygen atoms in total. The van der Waals surface area contributed by atoms with Crippen molar-refractivity contribution in [2.24, 2.45) is 11.8 Å². The lowest BCUT2D eigenvalue weighted by Crippen LogP contribution is -2.26. The number of hydroxylamine groups is 1. The van der Waals surface area contributed by atoms with Gasteiger partial charge in [0, 0.05) is 10.2 Å². The van der Waals surface area contributed by atoms with Gasteiger partial charge in [-0.3, -0.25) is 9.63 Å². The second-order valence-electron chi connectivity index (χ2n) is 6.34. The predicted octanol–water partition coefficient (Wildman–Crippen LogP) is 4.40. The molecule has 2 aromatic carbocycles. The van der Waals surface area contributed by atoms with Crippen molar-refractivity contribution < 1.29 is 27.9 Å². The molecule has 0 unspecified atom stereocenters. The smallest absolute Gasteiger partial charge is 0.277 e. The lowest BCUT2D eigenvalue weighted by molar-refractivity contribution is 0.0248. The number of anilines is 2. The molecule has 10 heteroatoms. The number of aliphatic hydroxyl groups excluding tert-OH is 1. The van der Waals surface area contributed by atoms with Gasteiger partial charge in [0.15, 0.2) is 11.6 Å². The Labute approximate surface area is 177 Å². The van der Waals surface area contributed by atoms with Crippen molar-refractivity contribution in [1.29, 1.82) is 0 Å².